The maximum absolute atomic E-state index is 12.6. The van der Waals surface area contributed by atoms with Gasteiger partial charge < -0.3 is 9.64 Å². The van der Waals surface area contributed by atoms with Crippen molar-refractivity contribution in [1.29, 1.82) is 0 Å². The summed E-state index contributed by atoms with van der Waals surface area (Å²) in [6.07, 6.45) is 0.738. The number of benzene rings is 2. The van der Waals surface area contributed by atoms with Crippen LogP contribution in [0.15, 0.2) is 59.5 Å². The number of amides is 3. The normalized spacial score (nSPS) is 15.9. The van der Waals surface area contributed by atoms with Crippen molar-refractivity contribution in [2.75, 3.05) is 19.7 Å². The highest BCUT2D eigenvalue weighted by Gasteiger charge is 2.29. The summed E-state index contributed by atoms with van der Waals surface area (Å²) in [5, 5.41) is 0. The lowest BCUT2D eigenvalue weighted by Gasteiger charge is -2.31. The van der Waals surface area contributed by atoms with Gasteiger partial charge in [-0.25, -0.2) is 17.9 Å². The zero-order valence-electron chi connectivity index (χ0n) is 18.8. The van der Waals surface area contributed by atoms with Crippen LogP contribution in [0, 0.1) is 5.92 Å². The first-order valence-corrected chi connectivity index (χ1v) is 12.4. The molecule has 3 amide bonds. The van der Waals surface area contributed by atoms with E-state index in [0.717, 1.165) is 5.56 Å². The highest BCUT2D eigenvalue weighted by molar-refractivity contribution is 7.89. The molecule has 0 spiro atoms. The molecule has 0 unspecified atom stereocenters. The van der Waals surface area contributed by atoms with Gasteiger partial charge in [0.05, 0.1) is 17.4 Å². The predicted octanol–water partition coefficient (Wildman–Crippen LogP) is 1.79. The number of hydrazine groups is 1. The number of carbonyl (C=O) groups excluding carboxylic acids is 3. The molecule has 34 heavy (non-hydrogen) atoms. The number of hydrogen-bond donors (Lipinski definition) is 3. The Morgan fingerprint density at radius 3 is 2.56 bits per heavy atom. The molecule has 0 aromatic heterocycles. The van der Waals surface area contributed by atoms with Gasteiger partial charge in [-0.15, -0.1) is 0 Å². The fourth-order valence-corrected chi connectivity index (χ4v) is 4.59. The Morgan fingerprint density at radius 2 is 1.82 bits per heavy atom. The standard InChI is InChI=1S/C23H28N4O6S/c1-2-33-23(30)27-13-7-11-19(16-27)22(29)26-25-21(28)18-10-6-12-20(14-18)34(31,32)24-15-17-8-4-3-5-9-17/h3-6,8-10,12,14,19,24H,2,7,11,13,15-16H2,1H3,(H,25,28)(H,26,29)/t19-/m1/s1. The summed E-state index contributed by atoms with van der Waals surface area (Å²) < 4.78 is 32.7. The van der Waals surface area contributed by atoms with E-state index in [9.17, 15) is 22.8 Å². The van der Waals surface area contributed by atoms with Crippen molar-refractivity contribution in [2.24, 2.45) is 5.92 Å². The topological polar surface area (TPSA) is 134 Å². The van der Waals surface area contributed by atoms with E-state index < -0.39 is 33.8 Å². The van der Waals surface area contributed by atoms with Gasteiger partial charge in [0, 0.05) is 25.2 Å². The Hall–Kier alpha value is -3.44. The molecule has 0 saturated carbocycles. The minimum absolute atomic E-state index is 0.0691. The van der Waals surface area contributed by atoms with Crippen LogP contribution in [0.25, 0.3) is 0 Å². The van der Waals surface area contributed by atoms with E-state index in [4.69, 9.17) is 4.74 Å². The van der Waals surface area contributed by atoms with Crippen LogP contribution in [0.2, 0.25) is 0 Å². The summed E-state index contributed by atoms with van der Waals surface area (Å²) in [6, 6.07) is 14.6. The zero-order valence-corrected chi connectivity index (χ0v) is 19.6. The Kier molecular flexibility index (Phi) is 8.61. The summed E-state index contributed by atoms with van der Waals surface area (Å²) in [4.78, 5) is 38.3. The van der Waals surface area contributed by atoms with Crippen LogP contribution in [0.3, 0.4) is 0 Å². The number of nitrogens with one attached hydrogen (secondary N) is 3. The van der Waals surface area contributed by atoms with Gasteiger partial charge in [0.15, 0.2) is 0 Å². The van der Waals surface area contributed by atoms with E-state index in [0.29, 0.717) is 19.4 Å². The lowest BCUT2D eigenvalue weighted by atomic mass is 9.98. The molecule has 0 radical (unpaired) electrons. The second-order valence-corrected chi connectivity index (χ2v) is 9.53. The molecular formula is C23H28N4O6S. The number of ether oxygens (including phenoxy) is 1. The van der Waals surface area contributed by atoms with Crippen LogP contribution in [0.4, 0.5) is 4.79 Å². The Balaban J connectivity index is 1.56. The second kappa shape index (κ2) is 11.6. The average molecular weight is 489 g/mol. The van der Waals surface area contributed by atoms with Gasteiger partial charge in [0.2, 0.25) is 15.9 Å². The Labute approximate surface area is 198 Å². The van der Waals surface area contributed by atoms with Gasteiger partial charge in [-0.1, -0.05) is 36.4 Å². The Morgan fingerprint density at radius 1 is 1.06 bits per heavy atom. The molecule has 0 bridgehead atoms. The average Bonchev–Trinajstić information content (AvgIpc) is 2.87. The van der Waals surface area contributed by atoms with Crippen LogP contribution in [-0.2, 0) is 26.1 Å². The number of sulfonamides is 1. The van der Waals surface area contributed by atoms with Crippen molar-refractivity contribution >= 4 is 27.9 Å². The highest BCUT2D eigenvalue weighted by Crippen LogP contribution is 2.17. The largest absolute Gasteiger partial charge is 0.450 e. The maximum atomic E-state index is 12.6. The molecule has 1 aliphatic heterocycles. The first kappa shape index (κ1) is 25.2. The molecule has 182 valence electrons. The molecule has 1 saturated heterocycles. The molecule has 10 nitrogen and oxygen atoms in total. The molecule has 2 aromatic carbocycles. The Bertz CT molecular complexity index is 1120. The van der Waals surface area contributed by atoms with E-state index in [2.05, 4.69) is 15.6 Å². The fraction of sp³-hybridized carbons (Fsp3) is 0.348. The lowest BCUT2D eigenvalue weighted by Crippen LogP contribution is -2.50. The number of carbonyl (C=O) groups is 3. The van der Waals surface area contributed by atoms with E-state index in [-0.39, 0.29) is 30.2 Å². The molecule has 3 rings (SSSR count). The smallest absolute Gasteiger partial charge is 0.409 e. The summed E-state index contributed by atoms with van der Waals surface area (Å²) >= 11 is 0. The van der Waals surface area contributed by atoms with Gasteiger partial charge >= 0.3 is 6.09 Å². The minimum Gasteiger partial charge on any atom is -0.450 e. The second-order valence-electron chi connectivity index (χ2n) is 7.77. The summed E-state index contributed by atoms with van der Waals surface area (Å²) in [6.45, 7) is 2.77. The third-order valence-electron chi connectivity index (χ3n) is 5.33. The van der Waals surface area contributed by atoms with E-state index in [1.807, 2.05) is 18.2 Å². The number of piperidine rings is 1. The monoisotopic (exact) mass is 488 g/mol. The van der Waals surface area contributed by atoms with Crippen molar-refractivity contribution in [1.82, 2.24) is 20.5 Å². The number of likely N-dealkylation sites (tertiary alicyclic amines) is 1. The predicted molar refractivity (Wildman–Crippen MR) is 124 cm³/mol. The van der Waals surface area contributed by atoms with Crippen molar-refractivity contribution in [3.63, 3.8) is 0 Å². The summed E-state index contributed by atoms with van der Waals surface area (Å²) in [5.41, 5.74) is 5.55. The molecule has 11 heteroatoms. The van der Waals surface area contributed by atoms with E-state index in [1.54, 1.807) is 19.1 Å². The van der Waals surface area contributed by atoms with Crippen LogP contribution in [-0.4, -0.2) is 50.9 Å². The first-order chi connectivity index (χ1) is 16.3. The zero-order chi connectivity index (χ0) is 24.6. The van der Waals surface area contributed by atoms with Crippen LogP contribution in [0.1, 0.15) is 35.7 Å². The fourth-order valence-electron chi connectivity index (χ4n) is 3.53. The van der Waals surface area contributed by atoms with Crippen LogP contribution >= 0.6 is 0 Å². The highest BCUT2D eigenvalue weighted by atomic mass is 32.2. The van der Waals surface area contributed by atoms with Gasteiger partial charge in [-0.3, -0.25) is 20.4 Å². The van der Waals surface area contributed by atoms with Gasteiger partial charge in [-0.2, -0.15) is 0 Å². The van der Waals surface area contributed by atoms with E-state index in [1.165, 1.54) is 29.2 Å². The maximum Gasteiger partial charge on any atom is 0.409 e. The molecule has 3 N–H and O–H groups in total. The molecule has 1 atom stereocenters. The SMILES string of the molecule is CCOC(=O)N1CCC[C@@H](C(=O)NNC(=O)c2cccc(S(=O)(=O)NCc3ccccc3)c2)C1. The molecule has 2 aromatic rings. The number of hydrogen-bond acceptors (Lipinski definition) is 6. The third kappa shape index (κ3) is 6.78. The van der Waals surface area contributed by atoms with Crippen molar-refractivity contribution in [2.45, 2.75) is 31.2 Å². The summed E-state index contributed by atoms with van der Waals surface area (Å²) in [7, 11) is -3.85. The minimum atomic E-state index is -3.85. The number of rotatable bonds is 7. The van der Waals surface area contributed by atoms with Crippen molar-refractivity contribution in [3.8, 4) is 0 Å². The van der Waals surface area contributed by atoms with Crippen LogP contribution in [0.5, 0.6) is 0 Å². The molecule has 1 heterocycles. The van der Waals surface area contributed by atoms with Crippen molar-refractivity contribution < 1.29 is 27.5 Å². The third-order valence-corrected chi connectivity index (χ3v) is 6.73. The first-order valence-electron chi connectivity index (χ1n) is 11.0. The summed E-state index contributed by atoms with van der Waals surface area (Å²) in [5.74, 6) is -1.59. The molecular weight excluding hydrogens is 460 g/mol. The van der Waals surface area contributed by atoms with Crippen molar-refractivity contribution in [3.05, 3.63) is 65.7 Å². The quantitative estimate of drug-likeness (QED) is 0.509. The van der Waals surface area contributed by atoms with E-state index >= 15 is 0 Å². The van der Waals surface area contributed by atoms with Gasteiger partial charge in [-0.05, 0) is 43.5 Å². The number of nitrogens with zero attached hydrogens (tertiary/aromatic N) is 1. The lowest BCUT2D eigenvalue weighted by molar-refractivity contribution is -0.127. The van der Waals surface area contributed by atoms with Crippen LogP contribution < -0.4 is 15.6 Å². The molecule has 1 aliphatic rings. The molecule has 1 fully saturated rings. The molecule has 0 aliphatic carbocycles. The van der Waals surface area contributed by atoms with Gasteiger partial charge in [0.1, 0.15) is 0 Å². The van der Waals surface area contributed by atoms with Gasteiger partial charge in [0.25, 0.3) is 5.91 Å².